The van der Waals surface area contributed by atoms with Crippen molar-refractivity contribution in [3.63, 3.8) is 0 Å². The molecule has 0 unspecified atom stereocenters. The fourth-order valence-corrected chi connectivity index (χ4v) is 4.41. The average molecular weight is 346 g/mol. The van der Waals surface area contributed by atoms with Crippen LogP contribution < -0.4 is 11.1 Å². The fraction of sp³-hybridized carbons (Fsp3) is 0.944. The van der Waals surface area contributed by atoms with Crippen LogP contribution >= 0.6 is 0 Å². The molecule has 24 heavy (non-hydrogen) atoms. The van der Waals surface area contributed by atoms with Crippen molar-refractivity contribution >= 4 is 6.09 Å². The van der Waals surface area contributed by atoms with E-state index in [2.05, 4.69) is 5.32 Å². The summed E-state index contributed by atoms with van der Waals surface area (Å²) >= 11 is 0. The van der Waals surface area contributed by atoms with E-state index in [1.54, 1.807) is 0 Å². The van der Waals surface area contributed by atoms with E-state index in [0.717, 1.165) is 32.1 Å². The molecule has 0 radical (unpaired) electrons. The predicted octanol–water partition coefficient (Wildman–Crippen LogP) is 4.37. The molecule has 0 aromatic rings. The van der Waals surface area contributed by atoms with Crippen molar-refractivity contribution in [2.75, 3.05) is 6.54 Å². The molecule has 0 aromatic carbocycles. The third-order valence-corrected chi connectivity index (χ3v) is 5.79. The van der Waals surface area contributed by atoms with Gasteiger partial charge < -0.3 is 15.8 Å². The largest absolute Gasteiger partial charge is 0.444 e. The Hall–Kier alpha value is -0.910. The second kappa shape index (κ2) is 6.77. The summed E-state index contributed by atoms with van der Waals surface area (Å²) in [6.45, 7) is 5.78. The van der Waals surface area contributed by atoms with Gasteiger partial charge in [0.25, 0.3) is 0 Å². The summed E-state index contributed by atoms with van der Waals surface area (Å²) in [5.74, 6) is -2.61. The number of nitrogens with two attached hydrogens (primary N) is 1. The molecule has 0 heterocycles. The second-order valence-corrected chi connectivity index (χ2v) is 8.61. The number of hydrogen-bond donors (Lipinski definition) is 2. The first-order chi connectivity index (χ1) is 11.0. The zero-order chi connectivity index (χ0) is 18.1. The van der Waals surface area contributed by atoms with Gasteiger partial charge in [-0.3, -0.25) is 0 Å². The number of rotatable bonds is 3. The lowest BCUT2D eigenvalue weighted by atomic mass is 9.56. The van der Waals surface area contributed by atoms with Crippen molar-refractivity contribution in [2.24, 2.45) is 11.1 Å². The van der Waals surface area contributed by atoms with E-state index >= 15 is 0 Å². The number of alkyl carbamates (subject to hydrolysis) is 1. The maximum absolute atomic E-state index is 13.7. The predicted molar refractivity (Wildman–Crippen MR) is 90.1 cm³/mol. The van der Waals surface area contributed by atoms with E-state index in [9.17, 15) is 13.6 Å². The van der Waals surface area contributed by atoms with E-state index < -0.39 is 28.6 Å². The van der Waals surface area contributed by atoms with Gasteiger partial charge >= 0.3 is 6.09 Å². The first kappa shape index (κ1) is 19.4. The first-order valence-electron chi connectivity index (χ1n) is 9.12. The van der Waals surface area contributed by atoms with Crippen molar-refractivity contribution < 1.29 is 18.3 Å². The number of halogens is 2. The van der Waals surface area contributed by atoms with Crippen LogP contribution in [0.15, 0.2) is 0 Å². The molecule has 2 saturated carbocycles. The molecule has 0 spiro atoms. The molecular weight excluding hydrogens is 314 g/mol. The number of ether oxygens (including phenoxy) is 1. The van der Waals surface area contributed by atoms with Crippen molar-refractivity contribution in [1.82, 2.24) is 5.32 Å². The lowest BCUT2D eigenvalue weighted by Gasteiger charge is -2.55. The summed E-state index contributed by atoms with van der Waals surface area (Å²) in [6.07, 6.45) is 4.58. The highest BCUT2D eigenvalue weighted by Gasteiger charge is 2.55. The summed E-state index contributed by atoms with van der Waals surface area (Å²) in [5, 5.41) is 3.09. The van der Waals surface area contributed by atoms with E-state index in [1.807, 2.05) is 20.8 Å². The molecule has 1 amide bonds. The van der Waals surface area contributed by atoms with Crippen LogP contribution in [0.4, 0.5) is 13.6 Å². The molecule has 3 N–H and O–H groups in total. The van der Waals surface area contributed by atoms with Crippen LogP contribution in [-0.4, -0.2) is 29.7 Å². The van der Waals surface area contributed by atoms with Gasteiger partial charge in [-0.2, -0.15) is 0 Å². The highest BCUT2D eigenvalue weighted by Crippen LogP contribution is 2.53. The molecular formula is C18H32F2N2O2. The second-order valence-electron chi connectivity index (χ2n) is 8.61. The van der Waals surface area contributed by atoms with Crippen LogP contribution in [-0.2, 0) is 4.74 Å². The van der Waals surface area contributed by atoms with Crippen molar-refractivity contribution in [1.29, 1.82) is 0 Å². The molecule has 140 valence electrons. The Labute approximate surface area is 143 Å². The van der Waals surface area contributed by atoms with Crippen molar-refractivity contribution in [3.05, 3.63) is 0 Å². The van der Waals surface area contributed by atoms with E-state index in [4.69, 9.17) is 10.5 Å². The molecule has 2 rings (SSSR count). The van der Waals surface area contributed by atoms with Crippen molar-refractivity contribution in [2.45, 2.75) is 95.6 Å². The number of alkyl halides is 2. The average Bonchev–Trinajstić information content (AvgIpc) is 2.46. The molecule has 2 fully saturated rings. The number of amides is 1. The van der Waals surface area contributed by atoms with Crippen LogP contribution in [0.5, 0.6) is 0 Å². The van der Waals surface area contributed by atoms with Gasteiger partial charge in [0.15, 0.2) is 0 Å². The van der Waals surface area contributed by atoms with Gasteiger partial charge in [0.05, 0.1) is 5.54 Å². The van der Waals surface area contributed by atoms with Crippen LogP contribution in [0.3, 0.4) is 0 Å². The Morgan fingerprint density at radius 2 is 1.58 bits per heavy atom. The Balaban J connectivity index is 2.24. The van der Waals surface area contributed by atoms with Crippen molar-refractivity contribution in [3.8, 4) is 0 Å². The molecule has 6 heteroatoms. The molecule has 0 aliphatic heterocycles. The number of hydrogen-bond acceptors (Lipinski definition) is 3. The van der Waals surface area contributed by atoms with Gasteiger partial charge in [-0.05, 0) is 46.5 Å². The normalized spacial score (nSPS) is 25.8. The Bertz CT molecular complexity index is 444. The lowest BCUT2D eigenvalue weighted by molar-refractivity contribution is -0.0952. The van der Waals surface area contributed by atoms with Crippen LogP contribution in [0.1, 0.15) is 78.6 Å². The minimum absolute atomic E-state index is 0.151. The van der Waals surface area contributed by atoms with Gasteiger partial charge in [0.1, 0.15) is 5.60 Å². The molecule has 0 atom stereocenters. The number of carbonyl (C=O) groups is 1. The molecule has 0 bridgehead atoms. The van der Waals surface area contributed by atoms with Gasteiger partial charge in [0, 0.05) is 24.8 Å². The highest BCUT2D eigenvalue weighted by molar-refractivity contribution is 5.69. The summed E-state index contributed by atoms with van der Waals surface area (Å²) < 4.78 is 32.9. The smallest absolute Gasteiger partial charge is 0.408 e. The first-order valence-corrected chi connectivity index (χ1v) is 9.12. The van der Waals surface area contributed by atoms with E-state index in [-0.39, 0.29) is 12.8 Å². The zero-order valence-corrected chi connectivity index (χ0v) is 15.2. The number of carbonyl (C=O) groups excluding carboxylic acids is 1. The van der Waals surface area contributed by atoms with Gasteiger partial charge in [-0.25, -0.2) is 13.6 Å². The standard InChI is InChI=1S/C18H32F2N2O2/c1-15(2,3)24-14(23)22-17(7-5-4-6-8-17)16(13-21)9-11-18(19,20)12-10-16/h4-13,21H2,1-3H3,(H,22,23). The Morgan fingerprint density at radius 1 is 1.04 bits per heavy atom. The summed E-state index contributed by atoms with van der Waals surface area (Å²) in [6, 6.07) is 0. The monoisotopic (exact) mass is 346 g/mol. The summed E-state index contributed by atoms with van der Waals surface area (Å²) in [5.41, 5.74) is 4.53. The Kier molecular flexibility index (Phi) is 5.48. The third kappa shape index (κ3) is 4.19. The van der Waals surface area contributed by atoms with Gasteiger partial charge in [-0.1, -0.05) is 19.3 Å². The molecule has 2 aliphatic rings. The minimum atomic E-state index is -2.61. The topological polar surface area (TPSA) is 64.3 Å². The summed E-state index contributed by atoms with van der Waals surface area (Å²) in [7, 11) is 0. The fourth-order valence-electron chi connectivity index (χ4n) is 4.41. The maximum Gasteiger partial charge on any atom is 0.408 e. The van der Waals surface area contributed by atoms with E-state index in [0.29, 0.717) is 19.4 Å². The summed E-state index contributed by atoms with van der Waals surface area (Å²) in [4.78, 5) is 12.4. The number of nitrogens with one attached hydrogen (secondary N) is 1. The zero-order valence-electron chi connectivity index (χ0n) is 15.2. The van der Waals surface area contributed by atoms with Crippen LogP contribution in [0, 0.1) is 5.41 Å². The quantitative estimate of drug-likeness (QED) is 0.797. The lowest BCUT2D eigenvalue weighted by Crippen LogP contribution is -2.65. The van der Waals surface area contributed by atoms with Gasteiger partial charge in [-0.15, -0.1) is 0 Å². The molecule has 4 nitrogen and oxygen atoms in total. The van der Waals surface area contributed by atoms with E-state index in [1.165, 1.54) is 0 Å². The van der Waals surface area contributed by atoms with Crippen LogP contribution in [0.25, 0.3) is 0 Å². The van der Waals surface area contributed by atoms with Gasteiger partial charge in [0.2, 0.25) is 5.92 Å². The molecule has 0 saturated heterocycles. The minimum Gasteiger partial charge on any atom is -0.444 e. The maximum atomic E-state index is 13.7. The Morgan fingerprint density at radius 3 is 2.04 bits per heavy atom. The molecule has 0 aromatic heterocycles. The molecule has 2 aliphatic carbocycles. The SMILES string of the molecule is CC(C)(C)OC(=O)NC1(C2(CN)CCC(F)(F)CC2)CCCCC1. The highest BCUT2D eigenvalue weighted by atomic mass is 19.3. The third-order valence-electron chi connectivity index (χ3n) is 5.79. The van der Waals surface area contributed by atoms with Crippen LogP contribution in [0.2, 0.25) is 0 Å².